The van der Waals surface area contributed by atoms with Crippen molar-refractivity contribution in [2.45, 2.75) is 44.6 Å². The van der Waals surface area contributed by atoms with Crippen molar-refractivity contribution in [3.63, 3.8) is 0 Å². The van der Waals surface area contributed by atoms with Crippen LogP contribution in [0, 0.1) is 0 Å². The number of methoxy groups -OCH3 is 1. The molecule has 0 radical (unpaired) electrons. The van der Waals surface area contributed by atoms with Gasteiger partial charge < -0.3 is 15.4 Å². The molecule has 1 aliphatic carbocycles. The number of hydrogen-bond acceptors (Lipinski definition) is 5. The fourth-order valence-electron chi connectivity index (χ4n) is 2.74. The highest BCUT2D eigenvalue weighted by atomic mass is 16.5. The first-order chi connectivity index (χ1) is 9.35. The van der Waals surface area contributed by atoms with Crippen LogP contribution in [-0.2, 0) is 0 Å². The number of ether oxygens (including phenoxy) is 1. The van der Waals surface area contributed by atoms with Crippen LogP contribution >= 0.6 is 0 Å². The van der Waals surface area contributed by atoms with E-state index in [1.165, 1.54) is 32.1 Å². The molecule has 2 rings (SSSR count). The third-order valence-electron chi connectivity index (χ3n) is 3.75. The average Bonchev–Trinajstić information content (AvgIpc) is 2.49. The molecule has 0 spiro atoms. The zero-order chi connectivity index (χ0) is 13.5. The molecule has 106 valence electrons. The van der Waals surface area contributed by atoms with Crippen LogP contribution in [0.2, 0.25) is 0 Å². The van der Waals surface area contributed by atoms with Gasteiger partial charge in [-0.2, -0.15) is 0 Å². The van der Waals surface area contributed by atoms with Crippen LogP contribution in [0.3, 0.4) is 0 Å². The van der Waals surface area contributed by atoms with Crippen molar-refractivity contribution in [1.29, 1.82) is 0 Å². The van der Waals surface area contributed by atoms with Crippen LogP contribution in [0.15, 0.2) is 12.4 Å². The maximum atomic E-state index is 5.66. The maximum absolute atomic E-state index is 5.66. The van der Waals surface area contributed by atoms with Gasteiger partial charge in [0.15, 0.2) is 0 Å². The van der Waals surface area contributed by atoms with Crippen molar-refractivity contribution in [2.75, 3.05) is 25.1 Å². The molecule has 5 heteroatoms. The molecule has 1 heterocycles. The smallest absolute Gasteiger partial charge is 0.218 e. The number of aromatic nitrogens is 2. The van der Waals surface area contributed by atoms with E-state index in [4.69, 9.17) is 10.5 Å². The summed E-state index contributed by atoms with van der Waals surface area (Å²) in [5.41, 5.74) is 5.66. The van der Waals surface area contributed by atoms with E-state index >= 15 is 0 Å². The second kappa shape index (κ2) is 7.28. The summed E-state index contributed by atoms with van der Waals surface area (Å²) in [4.78, 5) is 10.9. The summed E-state index contributed by atoms with van der Waals surface area (Å²) < 4.78 is 5.19. The van der Waals surface area contributed by atoms with E-state index in [0.717, 1.165) is 18.8 Å². The molecule has 1 fully saturated rings. The van der Waals surface area contributed by atoms with Crippen LogP contribution in [-0.4, -0.2) is 36.2 Å². The lowest BCUT2D eigenvalue weighted by Gasteiger charge is -2.35. The van der Waals surface area contributed by atoms with E-state index < -0.39 is 0 Å². The molecule has 1 aromatic heterocycles. The maximum Gasteiger partial charge on any atom is 0.218 e. The van der Waals surface area contributed by atoms with Gasteiger partial charge in [-0.3, -0.25) is 0 Å². The van der Waals surface area contributed by atoms with E-state index in [1.54, 1.807) is 13.4 Å². The summed E-state index contributed by atoms with van der Waals surface area (Å²) in [6.07, 6.45) is 9.04. The zero-order valence-corrected chi connectivity index (χ0v) is 11.7. The summed E-state index contributed by atoms with van der Waals surface area (Å²) in [7, 11) is 1.64. The molecule has 5 nitrogen and oxygen atoms in total. The van der Waals surface area contributed by atoms with Crippen molar-refractivity contribution in [1.82, 2.24) is 9.97 Å². The van der Waals surface area contributed by atoms with Gasteiger partial charge in [0.05, 0.1) is 7.11 Å². The lowest BCUT2D eigenvalue weighted by Crippen LogP contribution is -2.38. The highest BCUT2D eigenvalue weighted by molar-refractivity contribution is 5.42. The predicted molar refractivity (Wildman–Crippen MR) is 76.5 cm³/mol. The molecule has 0 bridgehead atoms. The Morgan fingerprint density at radius 3 is 2.79 bits per heavy atom. The van der Waals surface area contributed by atoms with E-state index in [9.17, 15) is 0 Å². The van der Waals surface area contributed by atoms with Gasteiger partial charge in [0.2, 0.25) is 5.88 Å². The molecule has 1 aliphatic rings. The SMILES string of the molecule is COc1cc(N(CCCN)C2CCCCC2)ncn1. The standard InChI is InChI=1S/C14H24N4O/c1-19-14-10-13(16-11-17-14)18(9-5-8-15)12-6-3-2-4-7-12/h10-12H,2-9,15H2,1H3. The summed E-state index contributed by atoms with van der Waals surface area (Å²) in [5, 5.41) is 0. The van der Waals surface area contributed by atoms with Gasteiger partial charge in [-0.05, 0) is 25.8 Å². The Hall–Kier alpha value is -1.36. The summed E-state index contributed by atoms with van der Waals surface area (Å²) >= 11 is 0. The summed E-state index contributed by atoms with van der Waals surface area (Å²) in [6.45, 7) is 1.67. The molecule has 1 saturated carbocycles. The Morgan fingerprint density at radius 2 is 2.11 bits per heavy atom. The van der Waals surface area contributed by atoms with Gasteiger partial charge in [-0.1, -0.05) is 19.3 Å². The van der Waals surface area contributed by atoms with Crippen LogP contribution in [0.1, 0.15) is 38.5 Å². The minimum atomic E-state index is 0.583. The monoisotopic (exact) mass is 264 g/mol. The second-order valence-corrected chi connectivity index (χ2v) is 5.05. The average molecular weight is 264 g/mol. The normalized spacial score (nSPS) is 16.3. The van der Waals surface area contributed by atoms with E-state index in [0.29, 0.717) is 18.5 Å². The first-order valence-corrected chi connectivity index (χ1v) is 7.18. The highest BCUT2D eigenvalue weighted by Gasteiger charge is 2.22. The molecule has 2 N–H and O–H groups in total. The van der Waals surface area contributed by atoms with E-state index in [2.05, 4.69) is 14.9 Å². The van der Waals surface area contributed by atoms with Crippen LogP contribution in [0.4, 0.5) is 5.82 Å². The minimum absolute atomic E-state index is 0.583. The van der Waals surface area contributed by atoms with Crippen molar-refractivity contribution in [3.05, 3.63) is 12.4 Å². The lowest BCUT2D eigenvalue weighted by atomic mass is 9.94. The van der Waals surface area contributed by atoms with Crippen LogP contribution < -0.4 is 15.4 Å². The Kier molecular flexibility index (Phi) is 5.39. The zero-order valence-electron chi connectivity index (χ0n) is 11.7. The van der Waals surface area contributed by atoms with Gasteiger partial charge in [0.1, 0.15) is 12.1 Å². The van der Waals surface area contributed by atoms with Crippen molar-refractivity contribution in [2.24, 2.45) is 5.73 Å². The molecule has 0 unspecified atom stereocenters. The van der Waals surface area contributed by atoms with Gasteiger partial charge in [0.25, 0.3) is 0 Å². The third kappa shape index (κ3) is 3.80. The van der Waals surface area contributed by atoms with Gasteiger partial charge in [0, 0.05) is 18.7 Å². The van der Waals surface area contributed by atoms with Crippen molar-refractivity contribution in [3.8, 4) is 5.88 Å². The third-order valence-corrected chi connectivity index (χ3v) is 3.75. The van der Waals surface area contributed by atoms with Gasteiger partial charge >= 0.3 is 0 Å². The quantitative estimate of drug-likeness (QED) is 0.851. The topological polar surface area (TPSA) is 64.3 Å². The van der Waals surface area contributed by atoms with E-state index in [-0.39, 0.29) is 0 Å². The first kappa shape index (κ1) is 14.1. The molecular weight excluding hydrogens is 240 g/mol. The number of nitrogens with zero attached hydrogens (tertiary/aromatic N) is 3. The summed E-state index contributed by atoms with van der Waals surface area (Å²) in [6, 6.07) is 2.50. The van der Waals surface area contributed by atoms with Crippen LogP contribution in [0.5, 0.6) is 5.88 Å². The first-order valence-electron chi connectivity index (χ1n) is 7.18. The van der Waals surface area contributed by atoms with Crippen molar-refractivity contribution >= 4 is 5.82 Å². The number of hydrogen-bond donors (Lipinski definition) is 1. The Labute approximate surface area is 115 Å². The molecule has 0 atom stereocenters. The minimum Gasteiger partial charge on any atom is -0.481 e. The lowest BCUT2D eigenvalue weighted by molar-refractivity contribution is 0.392. The second-order valence-electron chi connectivity index (χ2n) is 5.05. The van der Waals surface area contributed by atoms with Crippen molar-refractivity contribution < 1.29 is 4.74 Å². The largest absolute Gasteiger partial charge is 0.481 e. The molecule has 0 aliphatic heterocycles. The number of rotatable bonds is 6. The molecule has 0 amide bonds. The molecule has 0 saturated heterocycles. The fraction of sp³-hybridized carbons (Fsp3) is 0.714. The molecule has 1 aromatic rings. The molecule has 19 heavy (non-hydrogen) atoms. The fourth-order valence-corrected chi connectivity index (χ4v) is 2.74. The van der Waals surface area contributed by atoms with Gasteiger partial charge in [-0.15, -0.1) is 0 Å². The number of anilines is 1. The molecular formula is C14H24N4O. The Morgan fingerprint density at radius 1 is 1.32 bits per heavy atom. The van der Waals surface area contributed by atoms with E-state index in [1.807, 2.05) is 6.07 Å². The molecule has 0 aromatic carbocycles. The predicted octanol–water partition coefficient (Wildman–Crippen LogP) is 1.97. The Bertz CT molecular complexity index is 379. The van der Waals surface area contributed by atoms with Gasteiger partial charge in [-0.25, -0.2) is 9.97 Å². The summed E-state index contributed by atoms with van der Waals surface area (Å²) in [5.74, 6) is 1.59. The Balaban J connectivity index is 2.14. The number of nitrogens with two attached hydrogens (primary N) is 1. The highest BCUT2D eigenvalue weighted by Crippen LogP contribution is 2.27. The van der Waals surface area contributed by atoms with Crippen LogP contribution in [0.25, 0.3) is 0 Å².